The molecule has 6 nitrogen and oxygen atoms in total. The fraction of sp³-hybridized carbons (Fsp3) is 0.231. The van der Waals surface area contributed by atoms with Crippen LogP contribution in [0.5, 0.6) is 0 Å². The van der Waals surface area contributed by atoms with Crippen molar-refractivity contribution in [1.82, 2.24) is 24.5 Å². The summed E-state index contributed by atoms with van der Waals surface area (Å²) in [5.41, 5.74) is 8.52. The number of hydrogen-bond acceptors (Lipinski definition) is 5. The third-order valence-corrected chi connectivity index (χ3v) is 3.34. The van der Waals surface area contributed by atoms with E-state index in [4.69, 9.17) is 5.73 Å². The van der Waals surface area contributed by atoms with Crippen molar-refractivity contribution in [2.45, 2.75) is 18.9 Å². The molecule has 0 amide bonds. The highest BCUT2D eigenvalue weighted by atomic mass is 15.2. The Kier molecular flexibility index (Phi) is 2.05. The van der Waals surface area contributed by atoms with Gasteiger partial charge in [0.2, 0.25) is 0 Å². The predicted molar refractivity (Wildman–Crippen MR) is 71.2 cm³/mol. The Hall–Kier alpha value is -2.50. The van der Waals surface area contributed by atoms with Crippen molar-refractivity contribution in [1.29, 1.82) is 0 Å². The number of aromatic nitrogens is 5. The van der Waals surface area contributed by atoms with E-state index in [0.717, 1.165) is 16.9 Å². The SMILES string of the molecule is Nc1nccnc1-c1nc2cnccc2n1C1CC1. The van der Waals surface area contributed by atoms with Crippen LogP contribution in [0.4, 0.5) is 5.82 Å². The third-order valence-electron chi connectivity index (χ3n) is 3.34. The Balaban J connectivity index is 2.04. The van der Waals surface area contributed by atoms with Crippen LogP contribution in [0.2, 0.25) is 0 Å². The van der Waals surface area contributed by atoms with Crippen LogP contribution in [0.3, 0.4) is 0 Å². The van der Waals surface area contributed by atoms with Crippen molar-refractivity contribution in [3.8, 4) is 11.5 Å². The van der Waals surface area contributed by atoms with E-state index < -0.39 is 0 Å². The maximum atomic E-state index is 5.92. The molecule has 1 aliphatic carbocycles. The van der Waals surface area contributed by atoms with Crippen molar-refractivity contribution in [3.63, 3.8) is 0 Å². The summed E-state index contributed by atoms with van der Waals surface area (Å²) in [5, 5.41) is 0. The maximum Gasteiger partial charge on any atom is 0.163 e. The van der Waals surface area contributed by atoms with E-state index in [1.165, 1.54) is 12.8 Å². The zero-order valence-electron chi connectivity index (χ0n) is 10.2. The molecule has 0 spiro atoms. The number of imidazole rings is 1. The molecule has 1 saturated carbocycles. The second-order valence-corrected chi connectivity index (χ2v) is 4.69. The first-order valence-corrected chi connectivity index (χ1v) is 6.23. The minimum Gasteiger partial charge on any atom is -0.382 e. The molecule has 4 rings (SSSR count). The van der Waals surface area contributed by atoms with Crippen LogP contribution >= 0.6 is 0 Å². The van der Waals surface area contributed by atoms with Gasteiger partial charge in [-0.1, -0.05) is 0 Å². The van der Waals surface area contributed by atoms with E-state index in [1.54, 1.807) is 24.8 Å². The van der Waals surface area contributed by atoms with Crippen molar-refractivity contribution in [2.24, 2.45) is 0 Å². The lowest BCUT2D eigenvalue weighted by Gasteiger charge is -2.07. The highest BCUT2D eigenvalue weighted by Crippen LogP contribution is 2.41. The Bertz CT molecular complexity index is 759. The van der Waals surface area contributed by atoms with Crippen molar-refractivity contribution < 1.29 is 0 Å². The number of hydrogen-bond donors (Lipinski definition) is 1. The highest BCUT2D eigenvalue weighted by Gasteiger charge is 2.29. The number of nitrogen functional groups attached to an aromatic ring is 1. The molecule has 1 aliphatic rings. The van der Waals surface area contributed by atoms with Gasteiger partial charge in [0.25, 0.3) is 0 Å². The van der Waals surface area contributed by atoms with Gasteiger partial charge in [0.1, 0.15) is 11.2 Å². The minimum absolute atomic E-state index is 0.410. The number of fused-ring (bicyclic) bond motifs is 1. The minimum atomic E-state index is 0.410. The highest BCUT2D eigenvalue weighted by molar-refractivity contribution is 5.81. The second kappa shape index (κ2) is 3.74. The molecule has 0 atom stereocenters. The zero-order chi connectivity index (χ0) is 12.8. The number of anilines is 1. The van der Waals surface area contributed by atoms with E-state index in [0.29, 0.717) is 17.6 Å². The van der Waals surface area contributed by atoms with Gasteiger partial charge in [0.05, 0.1) is 11.7 Å². The van der Waals surface area contributed by atoms with Crippen LogP contribution in [0.25, 0.3) is 22.6 Å². The molecule has 94 valence electrons. The molecule has 0 radical (unpaired) electrons. The molecular weight excluding hydrogens is 240 g/mol. The van der Waals surface area contributed by atoms with Crippen LogP contribution in [-0.2, 0) is 0 Å². The monoisotopic (exact) mass is 252 g/mol. The van der Waals surface area contributed by atoms with Gasteiger partial charge >= 0.3 is 0 Å². The van der Waals surface area contributed by atoms with Crippen LogP contribution in [0.15, 0.2) is 30.9 Å². The Morgan fingerprint density at radius 2 is 2.00 bits per heavy atom. The molecule has 0 saturated heterocycles. The smallest absolute Gasteiger partial charge is 0.163 e. The first kappa shape index (κ1) is 10.4. The summed E-state index contributed by atoms with van der Waals surface area (Å²) in [6, 6.07) is 2.47. The van der Waals surface area contributed by atoms with Gasteiger partial charge in [-0.05, 0) is 18.9 Å². The molecule has 6 heteroatoms. The average Bonchev–Trinajstić information content (AvgIpc) is 3.19. The summed E-state index contributed by atoms with van der Waals surface area (Å²) in [6.45, 7) is 0. The normalized spacial score (nSPS) is 14.9. The molecule has 0 aromatic carbocycles. The van der Waals surface area contributed by atoms with Crippen LogP contribution in [0, 0.1) is 0 Å². The standard InChI is InChI=1S/C13H12N6/c14-12-11(16-5-6-17-12)13-18-9-7-15-4-3-10(9)19(13)8-1-2-8/h3-8H,1-2H2,(H2,14,17). The summed E-state index contributed by atoms with van der Waals surface area (Å²) in [4.78, 5) is 17.2. The van der Waals surface area contributed by atoms with Gasteiger partial charge in [-0.2, -0.15) is 0 Å². The lowest BCUT2D eigenvalue weighted by atomic mass is 10.3. The quantitative estimate of drug-likeness (QED) is 0.752. The lowest BCUT2D eigenvalue weighted by molar-refractivity contribution is 0.772. The third kappa shape index (κ3) is 1.56. The van der Waals surface area contributed by atoms with Gasteiger partial charge in [-0.15, -0.1) is 0 Å². The molecule has 1 fully saturated rings. The number of nitrogens with zero attached hydrogens (tertiary/aromatic N) is 5. The number of pyridine rings is 1. The average molecular weight is 252 g/mol. The second-order valence-electron chi connectivity index (χ2n) is 4.69. The molecule has 19 heavy (non-hydrogen) atoms. The fourth-order valence-corrected chi connectivity index (χ4v) is 2.34. The summed E-state index contributed by atoms with van der Waals surface area (Å²) in [7, 11) is 0. The predicted octanol–water partition coefficient (Wildman–Crippen LogP) is 1.81. The topological polar surface area (TPSA) is 82.5 Å². The van der Waals surface area contributed by atoms with Crippen molar-refractivity contribution in [2.75, 3.05) is 5.73 Å². The van der Waals surface area contributed by atoms with Gasteiger partial charge < -0.3 is 10.3 Å². The number of rotatable bonds is 2. The molecule has 3 aromatic heterocycles. The summed E-state index contributed by atoms with van der Waals surface area (Å²) < 4.78 is 2.21. The zero-order valence-corrected chi connectivity index (χ0v) is 10.2. The van der Waals surface area contributed by atoms with E-state index in [9.17, 15) is 0 Å². The molecule has 3 aromatic rings. The molecule has 2 N–H and O–H groups in total. The largest absolute Gasteiger partial charge is 0.382 e. The van der Waals surface area contributed by atoms with Crippen LogP contribution < -0.4 is 5.73 Å². The maximum absolute atomic E-state index is 5.92. The van der Waals surface area contributed by atoms with Crippen molar-refractivity contribution in [3.05, 3.63) is 30.9 Å². The van der Waals surface area contributed by atoms with Gasteiger partial charge in [-0.3, -0.25) is 4.98 Å². The lowest BCUT2D eigenvalue weighted by Crippen LogP contribution is -2.03. The first-order chi connectivity index (χ1) is 9.34. The van der Waals surface area contributed by atoms with E-state index in [2.05, 4.69) is 24.5 Å². The van der Waals surface area contributed by atoms with Crippen LogP contribution in [-0.4, -0.2) is 24.5 Å². The summed E-state index contributed by atoms with van der Waals surface area (Å²) in [5.74, 6) is 1.20. The molecule has 3 heterocycles. The fourth-order valence-electron chi connectivity index (χ4n) is 2.34. The summed E-state index contributed by atoms with van der Waals surface area (Å²) >= 11 is 0. The summed E-state index contributed by atoms with van der Waals surface area (Å²) in [6.07, 6.45) is 9.11. The van der Waals surface area contributed by atoms with Crippen molar-refractivity contribution >= 4 is 16.9 Å². The van der Waals surface area contributed by atoms with E-state index in [1.807, 2.05) is 6.07 Å². The molecule has 0 aliphatic heterocycles. The van der Waals surface area contributed by atoms with Gasteiger partial charge in [-0.25, -0.2) is 15.0 Å². The Labute approximate surface area is 109 Å². The Morgan fingerprint density at radius 1 is 1.16 bits per heavy atom. The van der Waals surface area contributed by atoms with Gasteiger partial charge in [0, 0.05) is 24.6 Å². The Morgan fingerprint density at radius 3 is 2.79 bits per heavy atom. The van der Waals surface area contributed by atoms with E-state index >= 15 is 0 Å². The molecular formula is C13H12N6. The van der Waals surface area contributed by atoms with Crippen LogP contribution in [0.1, 0.15) is 18.9 Å². The molecule has 0 bridgehead atoms. The molecule has 0 unspecified atom stereocenters. The van der Waals surface area contributed by atoms with E-state index in [-0.39, 0.29) is 0 Å². The van der Waals surface area contributed by atoms with Gasteiger partial charge in [0.15, 0.2) is 11.6 Å². The first-order valence-electron chi connectivity index (χ1n) is 6.23. The number of nitrogens with two attached hydrogens (primary N) is 1.